The summed E-state index contributed by atoms with van der Waals surface area (Å²) in [5.74, 6) is -1.49. The summed E-state index contributed by atoms with van der Waals surface area (Å²) in [4.78, 5) is 21.5. The molecule has 0 aliphatic carbocycles. The minimum Gasteiger partial charge on any atom is -0.548 e. The molecule has 0 aliphatic rings. The quantitative estimate of drug-likeness (QED) is 0.197. The maximum atomic E-state index is 11.3. The van der Waals surface area contributed by atoms with E-state index in [1.807, 2.05) is 6.92 Å². The molecule has 0 rings (SSSR count). The Morgan fingerprint density at radius 1 is 0.857 bits per heavy atom. The molecule has 0 heterocycles. The van der Waals surface area contributed by atoms with Crippen molar-refractivity contribution in [2.45, 2.75) is 96.5 Å². The van der Waals surface area contributed by atoms with E-state index in [-0.39, 0.29) is 41.6 Å². The molecule has 0 spiro atoms. The van der Waals surface area contributed by atoms with Crippen LogP contribution in [0.25, 0.3) is 0 Å². The molecule has 0 unspecified atom stereocenters. The van der Waals surface area contributed by atoms with Crippen molar-refractivity contribution in [2.24, 2.45) is 0 Å². The van der Waals surface area contributed by atoms with Crippen LogP contribution in [0, 0.1) is 0 Å². The molecule has 0 aliphatic heterocycles. The van der Waals surface area contributed by atoms with Gasteiger partial charge in [-0.15, -0.1) is 0 Å². The Hall–Kier alpha value is -0.620. The fraction of sp³-hybridized carbons (Fsp3) is 0.727. The number of aliphatic hydroxyl groups excluding tert-OH is 1. The number of allylic oxidation sites excluding steroid dienone is 4. The van der Waals surface area contributed by atoms with Crippen molar-refractivity contribution in [1.29, 1.82) is 0 Å². The molecule has 1 amide bonds. The average Bonchev–Trinajstić information content (AvgIpc) is 2.62. The van der Waals surface area contributed by atoms with Crippen molar-refractivity contribution in [3.8, 4) is 0 Å². The standard InChI is InChI=1S/C22H39NO4.Na/c1-20(24)17-15-13-11-9-7-5-3-2-4-6-8-10-12-14-16-18-21(25)23-19-22(26)27;/h9-12,20,24H,2-8,13-19H2,1H3,(H,23,25)(H,26,27);/q;+1/p-1/b11-9-,12-10-;/t20-;/m1./s1. The van der Waals surface area contributed by atoms with Crippen LogP contribution in [0.3, 0.4) is 0 Å². The first-order valence-corrected chi connectivity index (χ1v) is 10.5. The van der Waals surface area contributed by atoms with E-state index in [9.17, 15) is 14.7 Å². The summed E-state index contributed by atoms with van der Waals surface area (Å²) in [5, 5.41) is 21.7. The van der Waals surface area contributed by atoms with Gasteiger partial charge in [0.05, 0.1) is 18.6 Å². The normalized spacial score (nSPS) is 12.2. The van der Waals surface area contributed by atoms with Gasteiger partial charge in [0, 0.05) is 6.42 Å². The third kappa shape index (κ3) is 25.4. The minimum atomic E-state index is -1.26. The zero-order valence-electron chi connectivity index (χ0n) is 18.0. The Kier molecular flexibility index (Phi) is 23.9. The molecule has 0 bridgehead atoms. The first-order chi connectivity index (χ1) is 13.0. The predicted octanol–water partition coefficient (Wildman–Crippen LogP) is 0.421. The maximum Gasteiger partial charge on any atom is 1.00 e. The molecule has 2 N–H and O–H groups in total. The van der Waals surface area contributed by atoms with Crippen LogP contribution in [0.4, 0.5) is 0 Å². The van der Waals surface area contributed by atoms with E-state index in [4.69, 9.17) is 5.11 Å². The first-order valence-electron chi connectivity index (χ1n) is 10.5. The van der Waals surface area contributed by atoms with Crippen LogP contribution in [0.1, 0.15) is 90.4 Å². The van der Waals surface area contributed by atoms with Gasteiger partial charge in [-0.1, -0.05) is 43.6 Å². The van der Waals surface area contributed by atoms with Crippen LogP contribution in [-0.4, -0.2) is 29.6 Å². The number of nitrogens with one attached hydrogen (secondary N) is 1. The fourth-order valence-corrected chi connectivity index (χ4v) is 2.70. The van der Waals surface area contributed by atoms with Gasteiger partial charge in [-0.2, -0.15) is 0 Å². The predicted molar refractivity (Wildman–Crippen MR) is 108 cm³/mol. The smallest absolute Gasteiger partial charge is 0.548 e. The van der Waals surface area contributed by atoms with E-state index in [1.165, 1.54) is 32.1 Å². The molecule has 0 aromatic rings. The Balaban J connectivity index is 0. The van der Waals surface area contributed by atoms with Gasteiger partial charge < -0.3 is 20.3 Å². The molecule has 0 radical (unpaired) electrons. The monoisotopic (exact) mass is 403 g/mol. The number of hydrogen-bond acceptors (Lipinski definition) is 4. The zero-order chi connectivity index (χ0) is 20.2. The summed E-state index contributed by atoms with van der Waals surface area (Å²) in [6.07, 6.45) is 22.1. The number of rotatable bonds is 18. The van der Waals surface area contributed by atoms with Crippen LogP contribution in [-0.2, 0) is 9.59 Å². The number of carbonyl (C=O) groups excluding carboxylic acids is 2. The van der Waals surface area contributed by atoms with Crippen molar-refractivity contribution in [1.82, 2.24) is 5.32 Å². The molecular formula is C22H38NNaO4. The molecule has 0 saturated heterocycles. The zero-order valence-corrected chi connectivity index (χ0v) is 20.0. The van der Waals surface area contributed by atoms with Gasteiger partial charge in [-0.3, -0.25) is 4.79 Å². The summed E-state index contributed by atoms with van der Waals surface area (Å²) in [6.45, 7) is 1.43. The van der Waals surface area contributed by atoms with Gasteiger partial charge in [-0.05, 0) is 64.7 Å². The van der Waals surface area contributed by atoms with Crippen LogP contribution in [0.2, 0.25) is 0 Å². The van der Waals surface area contributed by atoms with E-state index in [0.29, 0.717) is 6.42 Å². The summed E-state index contributed by atoms with van der Waals surface area (Å²) < 4.78 is 0. The average molecular weight is 404 g/mol. The third-order valence-electron chi connectivity index (χ3n) is 4.27. The summed E-state index contributed by atoms with van der Waals surface area (Å²) >= 11 is 0. The summed E-state index contributed by atoms with van der Waals surface area (Å²) in [7, 11) is 0. The molecule has 5 nitrogen and oxygen atoms in total. The SMILES string of the molecule is C[C@@H](O)CCC/C=C\CCCCCCC/C=C\CCCC(=O)NCC(=O)[O-].[Na+]. The Labute approximate surface area is 193 Å². The van der Waals surface area contributed by atoms with Crippen molar-refractivity contribution in [3.63, 3.8) is 0 Å². The summed E-state index contributed by atoms with van der Waals surface area (Å²) in [6, 6.07) is 0. The maximum absolute atomic E-state index is 11.3. The van der Waals surface area contributed by atoms with E-state index < -0.39 is 12.5 Å². The van der Waals surface area contributed by atoms with Crippen LogP contribution >= 0.6 is 0 Å². The molecular weight excluding hydrogens is 365 g/mol. The Morgan fingerprint density at radius 3 is 1.82 bits per heavy atom. The topological polar surface area (TPSA) is 89.5 Å². The minimum absolute atomic E-state index is 0. The van der Waals surface area contributed by atoms with E-state index in [1.54, 1.807) is 0 Å². The largest absolute Gasteiger partial charge is 1.00 e. The van der Waals surface area contributed by atoms with Crippen molar-refractivity contribution >= 4 is 11.9 Å². The number of hydrogen-bond donors (Lipinski definition) is 2. The Morgan fingerprint density at radius 2 is 1.32 bits per heavy atom. The van der Waals surface area contributed by atoms with Gasteiger partial charge in [0.25, 0.3) is 0 Å². The molecule has 0 aromatic carbocycles. The van der Waals surface area contributed by atoms with E-state index >= 15 is 0 Å². The molecule has 0 aromatic heterocycles. The van der Waals surface area contributed by atoms with Crippen molar-refractivity contribution < 1.29 is 49.4 Å². The van der Waals surface area contributed by atoms with Gasteiger partial charge in [0.2, 0.25) is 5.91 Å². The van der Waals surface area contributed by atoms with Gasteiger partial charge in [0.15, 0.2) is 0 Å². The number of carboxylic acid groups (broad SMARTS) is 1. The van der Waals surface area contributed by atoms with E-state index in [0.717, 1.165) is 44.9 Å². The fourth-order valence-electron chi connectivity index (χ4n) is 2.70. The van der Waals surface area contributed by atoms with E-state index in [2.05, 4.69) is 29.6 Å². The van der Waals surface area contributed by atoms with Crippen LogP contribution < -0.4 is 40.0 Å². The number of aliphatic hydroxyl groups is 1. The molecule has 6 heteroatoms. The summed E-state index contributed by atoms with van der Waals surface area (Å²) in [5.41, 5.74) is 0. The van der Waals surface area contributed by atoms with Crippen LogP contribution in [0.15, 0.2) is 24.3 Å². The van der Waals surface area contributed by atoms with Gasteiger partial charge >= 0.3 is 29.6 Å². The number of unbranched alkanes of at least 4 members (excludes halogenated alkanes) is 8. The second kappa shape index (κ2) is 22.7. The second-order valence-electron chi connectivity index (χ2n) is 7.11. The molecule has 0 fully saturated rings. The number of aliphatic carboxylic acids is 1. The Bertz CT molecular complexity index is 436. The first kappa shape index (κ1) is 29.6. The molecule has 1 atom stereocenters. The number of carboxylic acids is 1. The third-order valence-corrected chi connectivity index (χ3v) is 4.27. The second-order valence-corrected chi connectivity index (χ2v) is 7.11. The van der Waals surface area contributed by atoms with Gasteiger partial charge in [-0.25, -0.2) is 0 Å². The molecule has 0 saturated carbocycles. The van der Waals surface area contributed by atoms with Crippen molar-refractivity contribution in [3.05, 3.63) is 24.3 Å². The molecule has 156 valence electrons. The number of amides is 1. The van der Waals surface area contributed by atoms with Crippen LogP contribution in [0.5, 0.6) is 0 Å². The molecule has 28 heavy (non-hydrogen) atoms. The number of carbonyl (C=O) groups is 2. The van der Waals surface area contributed by atoms with Crippen molar-refractivity contribution in [2.75, 3.05) is 6.54 Å². The van der Waals surface area contributed by atoms with Gasteiger partial charge in [0.1, 0.15) is 0 Å².